The number of carbonyl (C=O) groups excluding carboxylic acids is 1. The van der Waals surface area contributed by atoms with Crippen molar-refractivity contribution in [2.24, 2.45) is 4.99 Å². The summed E-state index contributed by atoms with van der Waals surface area (Å²) in [7, 11) is 0. The second-order valence-electron chi connectivity index (χ2n) is 8.02. The molecule has 4 rings (SSSR count). The lowest BCUT2D eigenvalue weighted by molar-refractivity contribution is 0.0695. The minimum Gasteiger partial charge on any atom is -0.393 e. The van der Waals surface area contributed by atoms with Crippen LogP contribution in [0, 0.1) is 0 Å². The van der Waals surface area contributed by atoms with Crippen LogP contribution in [-0.4, -0.2) is 52.3 Å². The molecule has 1 aromatic carbocycles. The normalized spacial score (nSPS) is 28.3. The minimum absolute atomic E-state index is 0.0452. The smallest absolute Gasteiger partial charge is 0.318 e. The molecule has 7 heteroatoms. The molecule has 144 valence electrons. The Bertz CT molecular complexity index is 768. The number of fused-ring (bicyclic) bond motifs is 1. The third-order valence-corrected chi connectivity index (χ3v) is 5.73. The molecule has 4 N–H and O–H groups in total. The lowest BCUT2D eigenvalue weighted by atomic mass is 9.89. The van der Waals surface area contributed by atoms with Gasteiger partial charge in [-0.05, 0) is 37.8 Å². The average molecular weight is 369 g/mol. The number of nitrogens with zero attached hydrogens (tertiary/aromatic N) is 2. The van der Waals surface area contributed by atoms with Crippen molar-refractivity contribution in [1.82, 2.24) is 20.9 Å². The van der Waals surface area contributed by atoms with Crippen LogP contribution in [0.4, 0.5) is 4.79 Å². The number of carbonyl (C=O) groups is 1. The highest BCUT2D eigenvalue weighted by molar-refractivity contribution is 5.84. The fourth-order valence-electron chi connectivity index (χ4n) is 3.97. The number of rotatable bonds is 3. The molecule has 2 heterocycles. The quantitative estimate of drug-likeness (QED) is 0.647. The molecule has 1 unspecified atom stereocenters. The molecule has 0 radical (unpaired) electrons. The second-order valence-corrected chi connectivity index (χ2v) is 8.02. The molecule has 2 amide bonds. The number of nitrogens with one attached hydrogen (secondary N) is 3. The van der Waals surface area contributed by atoms with Gasteiger partial charge in [0, 0.05) is 25.3 Å². The van der Waals surface area contributed by atoms with E-state index in [0.29, 0.717) is 13.1 Å². The summed E-state index contributed by atoms with van der Waals surface area (Å²) in [4.78, 5) is 19.4. The number of likely N-dealkylation sites (tertiary alicyclic amines) is 1. The van der Waals surface area contributed by atoms with E-state index in [2.05, 4.69) is 29.8 Å². The molecule has 0 bridgehead atoms. The van der Waals surface area contributed by atoms with Gasteiger partial charge < -0.3 is 26.0 Å². The first-order chi connectivity index (χ1) is 12.9. The Kier molecular flexibility index (Phi) is 4.55. The Morgan fingerprint density at radius 2 is 2.07 bits per heavy atom. The summed E-state index contributed by atoms with van der Waals surface area (Å²) < 4.78 is 0. The minimum atomic E-state index is -0.403. The fourth-order valence-corrected chi connectivity index (χ4v) is 3.97. The topological polar surface area (TPSA) is 89.0 Å². The van der Waals surface area contributed by atoms with Crippen molar-refractivity contribution in [2.75, 3.05) is 6.54 Å². The van der Waals surface area contributed by atoms with Gasteiger partial charge in [-0.3, -0.25) is 0 Å². The van der Waals surface area contributed by atoms with Gasteiger partial charge in [0.25, 0.3) is 0 Å². The van der Waals surface area contributed by atoms with Gasteiger partial charge in [0.15, 0.2) is 5.96 Å². The number of aliphatic hydroxyl groups is 1. The van der Waals surface area contributed by atoms with Crippen LogP contribution in [0.15, 0.2) is 47.1 Å². The molecular formula is C20H27N5O2. The molecule has 3 aliphatic rings. The lowest BCUT2D eigenvalue weighted by Crippen LogP contribution is -2.51. The van der Waals surface area contributed by atoms with Gasteiger partial charge in [0.1, 0.15) is 0 Å². The number of aliphatic imine (C=N–C) groups is 1. The second kappa shape index (κ2) is 6.88. The third kappa shape index (κ3) is 3.51. The summed E-state index contributed by atoms with van der Waals surface area (Å²) >= 11 is 0. The lowest BCUT2D eigenvalue weighted by Gasteiger charge is -2.35. The van der Waals surface area contributed by atoms with Gasteiger partial charge in [-0.2, -0.15) is 0 Å². The maximum absolute atomic E-state index is 12.8. The molecule has 0 aromatic heterocycles. The van der Waals surface area contributed by atoms with E-state index in [1.54, 1.807) is 0 Å². The first-order valence-corrected chi connectivity index (χ1v) is 9.52. The highest BCUT2D eigenvalue weighted by Gasteiger charge is 2.47. The fraction of sp³-hybridized carbons (Fsp3) is 0.500. The van der Waals surface area contributed by atoms with E-state index in [1.807, 2.05) is 41.4 Å². The molecule has 1 saturated heterocycles. The van der Waals surface area contributed by atoms with Crippen molar-refractivity contribution >= 4 is 12.0 Å². The maximum atomic E-state index is 12.8. The molecule has 2 fully saturated rings. The zero-order valence-corrected chi connectivity index (χ0v) is 15.8. The number of urea groups is 1. The highest BCUT2D eigenvalue weighted by Crippen LogP contribution is 2.36. The molecule has 7 nitrogen and oxygen atoms in total. The first kappa shape index (κ1) is 17.9. The van der Waals surface area contributed by atoms with Gasteiger partial charge in [0.2, 0.25) is 0 Å². The first-order valence-electron chi connectivity index (χ1n) is 9.52. The van der Waals surface area contributed by atoms with Gasteiger partial charge in [0.05, 0.1) is 17.7 Å². The zero-order valence-electron chi connectivity index (χ0n) is 15.8. The molecule has 27 heavy (non-hydrogen) atoms. The SMILES string of the molecule is CC1(C)C2=CNC(NC3CC(O)C3)=NC2CN1C(=O)NCc1ccccc1. The Hall–Kier alpha value is -2.54. The molecule has 1 aliphatic carbocycles. The highest BCUT2D eigenvalue weighted by atomic mass is 16.3. The van der Waals surface area contributed by atoms with Gasteiger partial charge >= 0.3 is 6.03 Å². The van der Waals surface area contributed by atoms with E-state index >= 15 is 0 Å². The van der Waals surface area contributed by atoms with E-state index < -0.39 is 5.54 Å². The molecule has 1 saturated carbocycles. The van der Waals surface area contributed by atoms with Gasteiger partial charge in [-0.1, -0.05) is 30.3 Å². The summed E-state index contributed by atoms with van der Waals surface area (Å²) in [5, 5.41) is 19.0. The van der Waals surface area contributed by atoms with Gasteiger partial charge in [-0.15, -0.1) is 0 Å². The summed E-state index contributed by atoms with van der Waals surface area (Å²) in [6.07, 6.45) is 3.27. The Morgan fingerprint density at radius 3 is 2.78 bits per heavy atom. The van der Waals surface area contributed by atoms with Crippen molar-refractivity contribution in [3.05, 3.63) is 47.7 Å². The van der Waals surface area contributed by atoms with E-state index in [1.165, 1.54) is 0 Å². The zero-order chi connectivity index (χ0) is 19.0. The van der Waals surface area contributed by atoms with E-state index in [0.717, 1.165) is 29.9 Å². The van der Waals surface area contributed by atoms with E-state index in [-0.39, 0.29) is 24.2 Å². The van der Waals surface area contributed by atoms with Crippen LogP contribution in [-0.2, 0) is 6.54 Å². The Morgan fingerprint density at radius 1 is 1.33 bits per heavy atom. The van der Waals surface area contributed by atoms with Crippen molar-refractivity contribution in [3.63, 3.8) is 0 Å². The van der Waals surface area contributed by atoms with Crippen LogP contribution in [0.1, 0.15) is 32.3 Å². The third-order valence-electron chi connectivity index (χ3n) is 5.73. The predicted molar refractivity (Wildman–Crippen MR) is 104 cm³/mol. The number of guanidine groups is 1. The summed E-state index contributed by atoms with van der Waals surface area (Å²) in [6, 6.07) is 10.0. The largest absolute Gasteiger partial charge is 0.393 e. The monoisotopic (exact) mass is 369 g/mol. The molecule has 0 spiro atoms. The predicted octanol–water partition coefficient (Wildman–Crippen LogP) is 1.31. The molecule has 1 aromatic rings. The van der Waals surface area contributed by atoms with Crippen LogP contribution in [0.3, 0.4) is 0 Å². The van der Waals surface area contributed by atoms with Crippen LogP contribution in [0.2, 0.25) is 0 Å². The Balaban J connectivity index is 1.40. The number of hydrogen-bond acceptors (Lipinski definition) is 5. The standard InChI is InChI=1S/C20H27N5O2/c1-20(2)16-11-21-18(23-14-8-15(26)9-14)24-17(16)12-25(20)19(27)22-10-13-6-4-3-5-7-13/h3-7,11,14-15,17,26H,8-10,12H2,1-2H3,(H,22,27)(H2,21,23,24). The molecule has 2 aliphatic heterocycles. The Labute approximate surface area is 159 Å². The average Bonchev–Trinajstić information content (AvgIpc) is 2.90. The van der Waals surface area contributed by atoms with Gasteiger partial charge in [-0.25, -0.2) is 9.79 Å². The van der Waals surface area contributed by atoms with Crippen molar-refractivity contribution in [1.29, 1.82) is 0 Å². The summed E-state index contributed by atoms with van der Waals surface area (Å²) in [5.74, 6) is 0.725. The van der Waals surface area contributed by atoms with Crippen molar-refractivity contribution < 1.29 is 9.90 Å². The maximum Gasteiger partial charge on any atom is 0.318 e. The van der Waals surface area contributed by atoms with Crippen LogP contribution in [0.5, 0.6) is 0 Å². The number of benzene rings is 1. The number of amides is 2. The summed E-state index contributed by atoms with van der Waals surface area (Å²) in [5.41, 5.74) is 1.78. The van der Waals surface area contributed by atoms with Crippen LogP contribution in [0.25, 0.3) is 0 Å². The van der Waals surface area contributed by atoms with E-state index in [9.17, 15) is 9.90 Å². The van der Waals surface area contributed by atoms with Crippen molar-refractivity contribution in [2.45, 2.75) is 57.0 Å². The molecule has 1 atom stereocenters. The van der Waals surface area contributed by atoms with E-state index in [4.69, 9.17) is 4.99 Å². The summed E-state index contributed by atoms with van der Waals surface area (Å²) in [6.45, 7) is 5.17. The van der Waals surface area contributed by atoms with Crippen LogP contribution >= 0.6 is 0 Å². The van der Waals surface area contributed by atoms with Crippen LogP contribution < -0.4 is 16.0 Å². The number of aliphatic hydroxyl groups excluding tert-OH is 1. The number of hydrogen-bond donors (Lipinski definition) is 4. The molecular weight excluding hydrogens is 342 g/mol. The van der Waals surface area contributed by atoms with Crippen molar-refractivity contribution in [3.8, 4) is 0 Å².